The van der Waals surface area contributed by atoms with Gasteiger partial charge in [-0.3, -0.25) is 9.80 Å². The second-order valence-corrected chi connectivity index (χ2v) is 9.47. The van der Waals surface area contributed by atoms with E-state index in [-0.39, 0.29) is 12.0 Å². The highest BCUT2D eigenvalue weighted by atomic mass is 35.5. The van der Waals surface area contributed by atoms with Crippen LogP contribution in [0.15, 0.2) is 78.9 Å². The summed E-state index contributed by atoms with van der Waals surface area (Å²) in [6, 6.07) is 27.4. The number of nitrogens with zero attached hydrogens (tertiary/aromatic N) is 5. The Morgan fingerprint density at radius 3 is 2.11 bits per heavy atom. The lowest BCUT2D eigenvalue weighted by Gasteiger charge is -2.39. The Labute approximate surface area is 217 Å². The molecule has 0 spiro atoms. The van der Waals surface area contributed by atoms with Crippen LogP contribution in [0.2, 0.25) is 5.02 Å². The summed E-state index contributed by atoms with van der Waals surface area (Å²) in [5, 5.41) is 3.88. The molecule has 1 fully saturated rings. The zero-order chi connectivity index (χ0) is 24.9. The third-order valence-corrected chi connectivity index (χ3v) is 6.90. The maximum absolute atomic E-state index is 6.26. The Balaban J connectivity index is 1.26. The third kappa shape index (κ3) is 5.82. The van der Waals surface area contributed by atoms with E-state index in [0.29, 0.717) is 23.3 Å². The number of halogens is 1. The Morgan fingerprint density at radius 1 is 0.861 bits per heavy atom. The number of nitrogens with one attached hydrogen (secondary N) is 1. The number of benzene rings is 3. The number of rotatable bonds is 7. The van der Waals surface area contributed by atoms with Crippen LogP contribution in [0.4, 0.5) is 17.6 Å². The molecule has 8 heteroatoms. The topological polar surface area (TPSA) is 83.2 Å². The van der Waals surface area contributed by atoms with Crippen LogP contribution in [0.1, 0.15) is 28.6 Å². The van der Waals surface area contributed by atoms with Crippen molar-refractivity contribution in [3.05, 3.63) is 106 Å². The molecule has 1 aromatic heterocycles. The molecule has 3 aromatic carbocycles. The van der Waals surface area contributed by atoms with E-state index in [1.807, 2.05) is 25.1 Å². The fraction of sp³-hybridized carbons (Fsp3) is 0.250. The quantitative estimate of drug-likeness (QED) is 0.367. The predicted molar refractivity (Wildman–Crippen MR) is 145 cm³/mol. The molecule has 36 heavy (non-hydrogen) atoms. The molecule has 0 aliphatic carbocycles. The summed E-state index contributed by atoms with van der Waals surface area (Å²) in [6.07, 6.45) is 0. The maximum atomic E-state index is 6.26. The van der Waals surface area contributed by atoms with Crippen LogP contribution < -0.4 is 11.1 Å². The molecule has 5 rings (SSSR count). The van der Waals surface area contributed by atoms with E-state index in [1.165, 1.54) is 11.1 Å². The summed E-state index contributed by atoms with van der Waals surface area (Å²) in [5.74, 6) is 1.27. The van der Waals surface area contributed by atoms with E-state index in [0.717, 1.165) is 37.4 Å². The van der Waals surface area contributed by atoms with Gasteiger partial charge in [0.15, 0.2) is 0 Å². The first-order valence-electron chi connectivity index (χ1n) is 12.1. The van der Waals surface area contributed by atoms with Crippen molar-refractivity contribution >= 4 is 29.2 Å². The number of piperazine rings is 1. The number of aryl methyl sites for hydroxylation is 1. The SMILES string of the molecule is Cc1ccc(Nc2nc(N)nc(CN3CCN(C(c4ccccc4)c4ccccc4)CC3)n2)cc1Cl. The van der Waals surface area contributed by atoms with Crippen molar-refractivity contribution in [3.8, 4) is 0 Å². The van der Waals surface area contributed by atoms with Crippen molar-refractivity contribution in [1.29, 1.82) is 0 Å². The standard InChI is InChI=1S/C28H30ClN7/c1-20-12-13-23(18-24(20)29)31-28-33-25(32-27(30)34-28)19-35-14-16-36(17-15-35)26(21-8-4-2-5-9-21)22-10-6-3-7-11-22/h2-13,18,26H,14-17,19H2,1H3,(H3,30,31,32,33,34). The summed E-state index contributed by atoms with van der Waals surface area (Å²) in [7, 11) is 0. The normalized spacial score (nSPS) is 14.8. The second-order valence-electron chi connectivity index (χ2n) is 9.06. The molecule has 3 N–H and O–H groups in total. The molecule has 0 radical (unpaired) electrons. The maximum Gasteiger partial charge on any atom is 0.232 e. The smallest absolute Gasteiger partial charge is 0.232 e. The van der Waals surface area contributed by atoms with Crippen molar-refractivity contribution in [2.75, 3.05) is 37.2 Å². The second kappa shape index (κ2) is 11.0. The van der Waals surface area contributed by atoms with Gasteiger partial charge in [0.25, 0.3) is 0 Å². The van der Waals surface area contributed by atoms with Crippen LogP contribution in [0, 0.1) is 6.92 Å². The van der Waals surface area contributed by atoms with E-state index < -0.39 is 0 Å². The molecular weight excluding hydrogens is 470 g/mol. The van der Waals surface area contributed by atoms with Gasteiger partial charge in [0.1, 0.15) is 5.82 Å². The fourth-order valence-corrected chi connectivity index (χ4v) is 4.81. The highest BCUT2D eigenvalue weighted by molar-refractivity contribution is 6.31. The Morgan fingerprint density at radius 2 is 1.50 bits per heavy atom. The van der Waals surface area contributed by atoms with Crippen LogP contribution in [0.25, 0.3) is 0 Å². The van der Waals surface area contributed by atoms with Gasteiger partial charge in [0.2, 0.25) is 11.9 Å². The van der Waals surface area contributed by atoms with Gasteiger partial charge in [-0.25, -0.2) is 0 Å². The molecule has 4 aromatic rings. The summed E-state index contributed by atoms with van der Waals surface area (Å²) in [4.78, 5) is 18.2. The minimum Gasteiger partial charge on any atom is -0.368 e. The Hall–Kier alpha value is -3.52. The summed E-state index contributed by atoms with van der Waals surface area (Å²) < 4.78 is 0. The van der Waals surface area contributed by atoms with Crippen molar-refractivity contribution in [2.24, 2.45) is 0 Å². The average molecular weight is 500 g/mol. The molecule has 0 saturated carbocycles. The van der Waals surface area contributed by atoms with Crippen LogP contribution in [0.5, 0.6) is 0 Å². The number of hydrogen-bond donors (Lipinski definition) is 2. The van der Waals surface area contributed by atoms with Gasteiger partial charge in [-0.05, 0) is 35.7 Å². The number of anilines is 3. The molecule has 7 nitrogen and oxygen atoms in total. The fourth-order valence-electron chi connectivity index (χ4n) is 4.63. The Kier molecular flexibility index (Phi) is 7.41. The van der Waals surface area contributed by atoms with Crippen molar-refractivity contribution in [2.45, 2.75) is 19.5 Å². The van der Waals surface area contributed by atoms with Crippen LogP contribution >= 0.6 is 11.6 Å². The average Bonchev–Trinajstić information content (AvgIpc) is 2.88. The highest BCUT2D eigenvalue weighted by Gasteiger charge is 2.26. The molecule has 1 aliphatic rings. The van der Waals surface area contributed by atoms with E-state index >= 15 is 0 Å². The van der Waals surface area contributed by atoms with Gasteiger partial charge in [-0.15, -0.1) is 0 Å². The zero-order valence-corrected chi connectivity index (χ0v) is 21.1. The van der Waals surface area contributed by atoms with Crippen LogP contribution in [0.3, 0.4) is 0 Å². The molecule has 1 aliphatic heterocycles. The number of nitrogen functional groups attached to an aromatic ring is 1. The van der Waals surface area contributed by atoms with Gasteiger partial charge >= 0.3 is 0 Å². The molecular formula is C28H30ClN7. The first-order chi connectivity index (χ1) is 17.5. The van der Waals surface area contributed by atoms with Crippen LogP contribution in [-0.2, 0) is 6.54 Å². The minimum atomic E-state index is 0.201. The largest absolute Gasteiger partial charge is 0.368 e. The predicted octanol–water partition coefficient (Wildman–Crippen LogP) is 5.07. The molecule has 0 atom stereocenters. The number of aromatic nitrogens is 3. The van der Waals surface area contributed by atoms with E-state index in [9.17, 15) is 0 Å². The molecule has 0 unspecified atom stereocenters. The third-order valence-electron chi connectivity index (χ3n) is 6.49. The van der Waals surface area contributed by atoms with E-state index in [4.69, 9.17) is 17.3 Å². The van der Waals surface area contributed by atoms with Crippen molar-refractivity contribution < 1.29 is 0 Å². The van der Waals surface area contributed by atoms with E-state index in [1.54, 1.807) is 0 Å². The molecule has 184 valence electrons. The first-order valence-corrected chi connectivity index (χ1v) is 12.5. The van der Waals surface area contributed by atoms with Gasteiger partial charge in [-0.1, -0.05) is 78.3 Å². The number of hydrogen-bond acceptors (Lipinski definition) is 7. The van der Waals surface area contributed by atoms with Gasteiger partial charge in [0, 0.05) is 36.9 Å². The van der Waals surface area contributed by atoms with Gasteiger partial charge in [0.05, 0.1) is 12.6 Å². The lowest BCUT2D eigenvalue weighted by atomic mass is 9.96. The lowest BCUT2D eigenvalue weighted by molar-refractivity contribution is 0.103. The van der Waals surface area contributed by atoms with Gasteiger partial charge in [-0.2, -0.15) is 15.0 Å². The lowest BCUT2D eigenvalue weighted by Crippen LogP contribution is -2.47. The molecule has 0 bridgehead atoms. The minimum absolute atomic E-state index is 0.201. The number of nitrogens with two attached hydrogens (primary N) is 1. The van der Waals surface area contributed by atoms with Crippen molar-refractivity contribution in [3.63, 3.8) is 0 Å². The molecule has 0 amide bonds. The first kappa shape index (κ1) is 24.2. The summed E-state index contributed by atoms with van der Waals surface area (Å²) in [5.41, 5.74) is 10.5. The van der Waals surface area contributed by atoms with Crippen molar-refractivity contribution in [1.82, 2.24) is 24.8 Å². The summed E-state index contributed by atoms with van der Waals surface area (Å²) >= 11 is 6.26. The molecule has 2 heterocycles. The zero-order valence-electron chi connectivity index (χ0n) is 20.3. The van der Waals surface area contributed by atoms with E-state index in [2.05, 4.69) is 90.7 Å². The van der Waals surface area contributed by atoms with Gasteiger partial charge < -0.3 is 11.1 Å². The van der Waals surface area contributed by atoms with Crippen LogP contribution in [-0.4, -0.2) is 50.9 Å². The highest BCUT2D eigenvalue weighted by Crippen LogP contribution is 2.29. The Bertz CT molecular complexity index is 1250. The summed E-state index contributed by atoms with van der Waals surface area (Å²) in [6.45, 7) is 6.30. The molecule has 1 saturated heterocycles. The monoisotopic (exact) mass is 499 g/mol.